The van der Waals surface area contributed by atoms with Gasteiger partial charge in [0, 0.05) is 11.0 Å². The summed E-state index contributed by atoms with van der Waals surface area (Å²) in [5.74, 6) is 0.455. The Hall–Kier alpha value is -1.61. The Morgan fingerprint density at radius 2 is 1.95 bits per heavy atom. The zero-order valence-corrected chi connectivity index (χ0v) is 13.6. The van der Waals surface area contributed by atoms with Gasteiger partial charge < -0.3 is 10.6 Å². The molecule has 118 valence electrons. The second-order valence-electron chi connectivity index (χ2n) is 7.15. The Morgan fingerprint density at radius 3 is 2.59 bits per heavy atom. The van der Waals surface area contributed by atoms with Crippen molar-refractivity contribution in [3.8, 4) is 0 Å². The van der Waals surface area contributed by atoms with E-state index in [1.54, 1.807) is 0 Å². The summed E-state index contributed by atoms with van der Waals surface area (Å²) in [6.07, 6.45) is 5.57. The van der Waals surface area contributed by atoms with E-state index in [1.807, 2.05) is 12.1 Å². The van der Waals surface area contributed by atoms with Crippen LogP contribution in [-0.4, -0.2) is 30.4 Å². The molecule has 1 saturated heterocycles. The number of nitrogens with zero attached hydrogens (tertiary/aromatic N) is 1. The first-order valence-corrected chi connectivity index (χ1v) is 8.37. The molecule has 0 unspecified atom stereocenters. The fraction of sp³-hybridized carbons (Fsp3) is 0.526. The lowest BCUT2D eigenvalue weighted by molar-refractivity contribution is -0.112. The van der Waals surface area contributed by atoms with Crippen molar-refractivity contribution in [2.45, 2.75) is 38.5 Å². The van der Waals surface area contributed by atoms with Gasteiger partial charge in [0.25, 0.3) is 0 Å². The maximum atomic E-state index is 11.8. The van der Waals surface area contributed by atoms with Crippen LogP contribution in [0.2, 0.25) is 0 Å². The molecule has 1 aromatic carbocycles. The summed E-state index contributed by atoms with van der Waals surface area (Å²) in [4.78, 5) is 14.3. The minimum absolute atomic E-state index is 0.0231. The molecule has 1 spiro atoms. The molecule has 2 N–H and O–H groups in total. The summed E-state index contributed by atoms with van der Waals surface area (Å²) in [7, 11) is 0. The van der Waals surface area contributed by atoms with Gasteiger partial charge in [-0.3, -0.25) is 4.79 Å². The largest absolute Gasteiger partial charge is 0.366 e. The molecule has 1 aliphatic carbocycles. The maximum absolute atomic E-state index is 11.8. The molecule has 22 heavy (non-hydrogen) atoms. The molecular formula is C19H26N2O. The Labute approximate surface area is 133 Å². The van der Waals surface area contributed by atoms with Gasteiger partial charge in [0.15, 0.2) is 0 Å². The lowest BCUT2D eigenvalue weighted by atomic mass is 9.74. The first kappa shape index (κ1) is 15.3. The maximum Gasteiger partial charge on any atom is 0.249 e. The third kappa shape index (κ3) is 2.70. The second kappa shape index (κ2) is 5.88. The van der Waals surface area contributed by atoms with E-state index in [-0.39, 0.29) is 11.3 Å². The highest BCUT2D eigenvalue weighted by molar-refractivity contribution is 6.20. The van der Waals surface area contributed by atoms with Crippen molar-refractivity contribution in [1.82, 2.24) is 4.90 Å². The summed E-state index contributed by atoms with van der Waals surface area (Å²) in [5, 5.41) is 0. The van der Waals surface area contributed by atoms with Gasteiger partial charge >= 0.3 is 0 Å². The number of amides is 1. The number of rotatable bonds is 4. The van der Waals surface area contributed by atoms with Crippen molar-refractivity contribution in [3.05, 3.63) is 41.5 Å². The Morgan fingerprint density at radius 1 is 1.27 bits per heavy atom. The molecule has 1 aromatic rings. The molecule has 3 rings (SSSR count). The van der Waals surface area contributed by atoms with Crippen molar-refractivity contribution in [2.75, 3.05) is 19.6 Å². The number of primary amides is 1. The summed E-state index contributed by atoms with van der Waals surface area (Å²) >= 11 is 0. The monoisotopic (exact) mass is 298 g/mol. The van der Waals surface area contributed by atoms with Crippen LogP contribution in [0, 0.1) is 5.92 Å². The lowest BCUT2D eigenvalue weighted by Crippen LogP contribution is -2.41. The van der Waals surface area contributed by atoms with E-state index in [9.17, 15) is 4.79 Å². The quantitative estimate of drug-likeness (QED) is 0.929. The molecule has 0 radical (unpaired) electrons. The van der Waals surface area contributed by atoms with Gasteiger partial charge in [-0.2, -0.15) is 0 Å². The number of hydrogen-bond acceptors (Lipinski definition) is 2. The third-order valence-electron chi connectivity index (χ3n) is 5.21. The van der Waals surface area contributed by atoms with Crippen LogP contribution in [-0.2, 0) is 10.2 Å². The highest BCUT2D eigenvalue weighted by atomic mass is 16.1. The van der Waals surface area contributed by atoms with E-state index in [2.05, 4.69) is 37.0 Å². The van der Waals surface area contributed by atoms with Crippen LogP contribution in [0.4, 0.5) is 0 Å². The summed E-state index contributed by atoms with van der Waals surface area (Å²) in [6.45, 7) is 7.94. The van der Waals surface area contributed by atoms with E-state index >= 15 is 0 Å². The lowest BCUT2D eigenvalue weighted by Gasteiger charge is -2.39. The topological polar surface area (TPSA) is 46.3 Å². The van der Waals surface area contributed by atoms with Crippen molar-refractivity contribution >= 4 is 11.5 Å². The summed E-state index contributed by atoms with van der Waals surface area (Å²) in [5.41, 5.74) is 8.68. The molecule has 1 aliphatic heterocycles. The van der Waals surface area contributed by atoms with Crippen LogP contribution in [0.1, 0.15) is 44.2 Å². The van der Waals surface area contributed by atoms with Crippen LogP contribution in [0.15, 0.2) is 30.3 Å². The average Bonchev–Trinajstić information content (AvgIpc) is 2.82. The van der Waals surface area contributed by atoms with Crippen molar-refractivity contribution < 1.29 is 4.79 Å². The second-order valence-corrected chi connectivity index (χ2v) is 7.15. The number of piperidine rings is 1. The van der Waals surface area contributed by atoms with E-state index < -0.39 is 0 Å². The van der Waals surface area contributed by atoms with Crippen LogP contribution in [0.5, 0.6) is 0 Å². The van der Waals surface area contributed by atoms with Crippen molar-refractivity contribution in [2.24, 2.45) is 11.7 Å². The zero-order chi connectivity index (χ0) is 15.7. The van der Waals surface area contributed by atoms with E-state index in [4.69, 9.17) is 5.73 Å². The third-order valence-corrected chi connectivity index (χ3v) is 5.21. The average molecular weight is 298 g/mol. The molecule has 1 heterocycles. The van der Waals surface area contributed by atoms with Gasteiger partial charge in [0.05, 0.1) is 0 Å². The fourth-order valence-corrected chi connectivity index (χ4v) is 3.82. The van der Waals surface area contributed by atoms with Gasteiger partial charge in [-0.25, -0.2) is 0 Å². The first-order chi connectivity index (χ1) is 10.5. The van der Waals surface area contributed by atoms with Crippen LogP contribution in [0.3, 0.4) is 0 Å². The minimum Gasteiger partial charge on any atom is -0.366 e. The molecule has 1 fully saturated rings. The molecule has 1 amide bonds. The predicted molar refractivity (Wildman–Crippen MR) is 90.4 cm³/mol. The van der Waals surface area contributed by atoms with Gasteiger partial charge in [-0.05, 0) is 55.9 Å². The van der Waals surface area contributed by atoms with Crippen molar-refractivity contribution in [1.29, 1.82) is 0 Å². The van der Waals surface area contributed by atoms with Gasteiger partial charge in [0.1, 0.15) is 0 Å². The molecule has 0 aromatic heterocycles. The number of benzene rings is 1. The van der Waals surface area contributed by atoms with E-state index in [0.29, 0.717) is 5.57 Å². The molecular weight excluding hydrogens is 272 g/mol. The number of hydrogen-bond donors (Lipinski definition) is 1. The summed E-state index contributed by atoms with van der Waals surface area (Å²) < 4.78 is 0. The molecule has 3 nitrogen and oxygen atoms in total. The Bertz CT molecular complexity index is 595. The highest BCUT2D eigenvalue weighted by Gasteiger charge is 2.41. The first-order valence-electron chi connectivity index (χ1n) is 8.37. The summed E-state index contributed by atoms with van der Waals surface area (Å²) in [6, 6.07) is 8.27. The van der Waals surface area contributed by atoms with Gasteiger partial charge in [-0.15, -0.1) is 0 Å². The molecule has 0 saturated carbocycles. The fourth-order valence-electron chi connectivity index (χ4n) is 3.82. The molecule has 0 atom stereocenters. The standard InChI is InChI=1S/C19H26N2O/c1-14(2)7-10-21-11-8-19(9-12-21)13-16(18(20)22)15-5-3-4-6-17(15)19/h3-6,13-14H,7-12H2,1-2H3,(H2,20,22). The Kier molecular flexibility index (Phi) is 4.09. The number of nitrogens with two attached hydrogens (primary N) is 1. The van der Waals surface area contributed by atoms with Gasteiger partial charge in [-0.1, -0.05) is 44.2 Å². The normalized spacial score (nSPS) is 20.2. The van der Waals surface area contributed by atoms with E-state index in [0.717, 1.165) is 37.4 Å². The van der Waals surface area contributed by atoms with Gasteiger partial charge in [0.2, 0.25) is 5.91 Å². The molecule has 3 heteroatoms. The SMILES string of the molecule is CC(C)CCN1CCC2(C=C(C(N)=O)c3ccccc32)CC1. The van der Waals surface area contributed by atoms with Crippen LogP contribution < -0.4 is 5.73 Å². The number of allylic oxidation sites excluding steroid dienone is 1. The molecule has 0 bridgehead atoms. The Balaban J connectivity index is 1.79. The number of likely N-dealkylation sites (tertiary alicyclic amines) is 1. The van der Waals surface area contributed by atoms with Crippen LogP contribution in [0.25, 0.3) is 5.57 Å². The predicted octanol–water partition coefficient (Wildman–Crippen LogP) is 2.95. The van der Waals surface area contributed by atoms with E-state index in [1.165, 1.54) is 18.5 Å². The smallest absolute Gasteiger partial charge is 0.249 e. The number of fused-ring (bicyclic) bond motifs is 2. The van der Waals surface area contributed by atoms with Crippen LogP contribution >= 0.6 is 0 Å². The minimum atomic E-state index is -0.299. The highest BCUT2D eigenvalue weighted by Crippen LogP contribution is 2.46. The zero-order valence-electron chi connectivity index (χ0n) is 13.6. The van der Waals surface area contributed by atoms with Crippen molar-refractivity contribution in [3.63, 3.8) is 0 Å². The molecule has 2 aliphatic rings. The number of carbonyl (C=O) groups is 1. The number of carbonyl (C=O) groups excluding carboxylic acids is 1.